The first-order valence-corrected chi connectivity index (χ1v) is 8.92. The van der Waals surface area contributed by atoms with E-state index in [0.717, 1.165) is 17.9 Å². The molecule has 2 aliphatic rings. The van der Waals surface area contributed by atoms with Crippen molar-refractivity contribution in [2.24, 2.45) is 17.3 Å². The van der Waals surface area contributed by atoms with Crippen molar-refractivity contribution in [3.05, 3.63) is 0 Å². The Morgan fingerprint density at radius 2 is 1.85 bits per heavy atom. The van der Waals surface area contributed by atoms with Crippen LogP contribution >= 0.6 is 0 Å². The van der Waals surface area contributed by atoms with E-state index in [0.29, 0.717) is 5.41 Å². The van der Waals surface area contributed by atoms with Gasteiger partial charge in [0.1, 0.15) is 0 Å². The van der Waals surface area contributed by atoms with Gasteiger partial charge in [-0.05, 0) is 62.4 Å². The Morgan fingerprint density at radius 3 is 2.45 bits per heavy atom. The minimum Gasteiger partial charge on any atom is -0.312 e. The number of piperidine rings is 1. The number of rotatable bonds is 7. The Hall–Kier alpha value is -0.0800. The highest BCUT2D eigenvalue weighted by Crippen LogP contribution is 2.31. The average molecular weight is 281 g/mol. The van der Waals surface area contributed by atoms with E-state index in [1.807, 2.05) is 0 Å². The molecule has 1 heterocycles. The zero-order valence-corrected chi connectivity index (χ0v) is 14.3. The van der Waals surface area contributed by atoms with Crippen LogP contribution in [0.5, 0.6) is 0 Å². The standard InChI is InChI=1S/C18H36N2/c1-5-6-9-20-13-16(11-18(2,3)4)10-17(14-20)19-12-15-7-8-15/h15-17,19H,5-14H2,1-4H3. The Morgan fingerprint density at radius 1 is 1.10 bits per heavy atom. The van der Waals surface area contributed by atoms with Crippen molar-refractivity contribution < 1.29 is 0 Å². The van der Waals surface area contributed by atoms with E-state index in [1.54, 1.807) is 0 Å². The molecular formula is C18H36N2. The molecule has 1 aliphatic carbocycles. The number of hydrogen-bond acceptors (Lipinski definition) is 2. The van der Waals surface area contributed by atoms with Gasteiger partial charge in [-0.3, -0.25) is 0 Å². The summed E-state index contributed by atoms with van der Waals surface area (Å²) in [4.78, 5) is 2.73. The fourth-order valence-electron chi connectivity index (χ4n) is 3.68. The van der Waals surface area contributed by atoms with Gasteiger partial charge in [0, 0.05) is 19.1 Å². The van der Waals surface area contributed by atoms with E-state index >= 15 is 0 Å². The second kappa shape index (κ2) is 7.26. The minimum atomic E-state index is 0.472. The molecule has 0 aromatic rings. The van der Waals surface area contributed by atoms with Crippen LogP contribution in [0, 0.1) is 17.3 Å². The van der Waals surface area contributed by atoms with Crippen molar-refractivity contribution in [2.45, 2.75) is 72.3 Å². The molecule has 2 heteroatoms. The molecule has 0 bridgehead atoms. The number of hydrogen-bond donors (Lipinski definition) is 1. The normalized spacial score (nSPS) is 28.8. The van der Waals surface area contributed by atoms with Crippen molar-refractivity contribution in [3.63, 3.8) is 0 Å². The molecule has 0 spiro atoms. The summed E-state index contributed by atoms with van der Waals surface area (Å²) in [5, 5.41) is 3.86. The lowest BCUT2D eigenvalue weighted by Crippen LogP contribution is -2.50. The average Bonchev–Trinajstić information content (AvgIpc) is 3.15. The predicted molar refractivity (Wildman–Crippen MR) is 88.0 cm³/mol. The highest BCUT2D eigenvalue weighted by molar-refractivity contribution is 4.87. The van der Waals surface area contributed by atoms with Crippen LogP contribution in [0.1, 0.15) is 66.2 Å². The number of nitrogens with zero attached hydrogens (tertiary/aromatic N) is 1. The van der Waals surface area contributed by atoms with Crippen LogP contribution < -0.4 is 5.32 Å². The van der Waals surface area contributed by atoms with E-state index in [-0.39, 0.29) is 0 Å². The van der Waals surface area contributed by atoms with Crippen molar-refractivity contribution in [1.82, 2.24) is 10.2 Å². The molecule has 2 unspecified atom stereocenters. The van der Waals surface area contributed by atoms with Gasteiger partial charge in [-0.15, -0.1) is 0 Å². The van der Waals surface area contributed by atoms with Crippen LogP contribution in [-0.2, 0) is 0 Å². The third kappa shape index (κ3) is 6.13. The van der Waals surface area contributed by atoms with E-state index in [4.69, 9.17) is 0 Å². The number of likely N-dealkylation sites (tertiary alicyclic amines) is 1. The lowest BCUT2D eigenvalue weighted by Gasteiger charge is -2.40. The fourth-order valence-corrected chi connectivity index (χ4v) is 3.68. The fraction of sp³-hybridized carbons (Fsp3) is 1.00. The predicted octanol–water partition coefficient (Wildman–Crippen LogP) is 3.91. The van der Waals surface area contributed by atoms with Crippen LogP contribution in [-0.4, -0.2) is 37.1 Å². The lowest BCUT2D eigenvalue weighted by molar-refractivity contribution is 0.112. The summed E-state index contributed by atoms with van der Waals surface area (Å²) < 4.78 is 0. The summed E-state index contributed by atoms with van der Waals surface area (Å²) >= 11 is 0. The van der Waals surface area contributed by atoms with Crippen LogP contribution in [0.15, 0.2) is 0 Å². The van der Waals surface area contributed by atoms with Crippen molar-refractivity contribution in [2.75, 3.05) is 26.2 Å². The summed E-state index contributed by atoms with van der Waals surface area (Å²) in [6.45, 7) is 14.7. The first kappa shape index (κ1) is 16.3. The molecule has 2 nitrogen and oxygen atoms in total. The summed E-state index contributed by atoms with van der Waals surface area (Å²) in [7, 11) is 0. The summed E-state index contributed by atoms with van der Waals surface area (Å²) in [5.41, 5.74) is 0.472. The topological polar surface area (TPSA) is 15.3 Å². The molecule has 1 saturated heterocycles. The summed E-state index contributed by atoms with van der Waals surface area (Å²) in [6, 6.07) is 0.744. The zero-order chi connectivity index (χ0) is 14.6. The number of nitrogens with one attached hydrogen (secondary N) is 1. The summed E-state index contributed by atoms with van der Waals surface area (Å²) in [5.74, 6) is 1.89. The molecule has 2 fully saturated rings. The molecular weight excluding hydrogens is 244 g/mol. The molecule has 0 amide bonds. The van der Waals surface area contributed by atoms with Gasteiger partial charge in [-0.2, -0.15) is 0 Å². The SMILES string of the molecule is CCCCN1CC(CC(C)(C)C)CC(NCC2CC2)C1. The van der Waals surface area contributed by atoms with E-state index < -0.39 is 0 Å². The van der Waals surface area contributed by atoms with Gasteiger partial charge in [-0.25, -0.2) is 0 Å². The van der Waals surface area contributed by atoms with Gasteiger partial charge in [-0.1, -0.05) is 34.1 Å². The second-order valence-electron chi connectivity index (χ2n) is 8.53. The molecule has 0 aromatic carbocycles. The Bertz CT molecular complexity index is 278. The van der Waals surface area contributed by atoms with Crippen molar-refractivity contribution in [1.29, 1.82) is 0 Å². The molecule has 0 radical (unpaired) electrons. The number of unbranched alkanes of at least 4 members (excludes halogenated alkanes) is 1. The van der Waals surface area contributed by atoms with Crippen LogP contribution in [0.25, 0.3) is 0 Å². The van der Waals surface area contributed by atoms with E-state index in [2.05, 4.69) is 37.9 Å². The first-order chi connectivity index (χ1) is 9.46. The molecule has 1 N–H and O–H groups in total. The minimum absolute atomic E-state index is 0.472. The Labute approximate surface area is 126 Å². The largest absolute Gasteiger partial charge is 0.312 e. The monoisotopic (exact) mass is 280 g/mol. The van der Waals surface area contributed by atoms with E-state index in [1.165, 1.54) is 64.7 Å². The summed E-state index contributed by atoms with van der Waals surface area (Å²) in [6.07, 6.45) is 8.37. The van der Waals surface area contributed by atoms with Crippen molar-refractivity contribution in [3.8, 4) is 0 Å². The zero-order valence-electron chi connectivity index (χ0n) is 14.3. The van der Waals surface area contributed by atoms with Gasteiger partial charge < -0.3 is 10.2 Å². The van der Waals surface area contributed by atoms with Crippen LogP contribution in [0.4, 0.5) is 0 Å². The van der Waals surface area contributed by atoms with Gasteiger partial charge in [0.15, 0.2) is 0 Å². The van der Waals surface area contributed by atoms with Gasteiger partial charge in [0.05, 0.1) is 0 Å². The third-order valence-electron chi connectivity index (χ3n) is 4.73. The molecule has 20 heavy (non-hydrogen) atoms. The van der Waals surface area contributed by atoms with E-state index in [9.17, 15) is 0 Å². The maximum absolute atomic E-state index is 3.86. The van der Waals surface area contributed by atoms with Crippen LogP contribution in [0.2, 0.25) is 0 Å². The third-order valence-corrected chi connectivity index (χ3v) is 4.73. The second-order valence-corrected chi connectivity index (χ2v) is 8.53. The molecule has 118 valence electrons. The molecule has 2 rings (SSSR count). The Balaban J connectivity index is 1.83. The van der Waals surface area contributed by atoms with Gasteiger partial charge >= 0.3 is 0 Å². The van der Waals surface area contributed by atoms with Gasteiger partial charge in [0.2, 0.25) is 0 Å². The molecule has 1 saturated carbocycles. The lowest BCUT2D eigenvalue weighted by atomic mass is 9.80. The first-order valence-electron chi connectivity index (χ1n) is 8.92. The maximum Gasteiger partial charge on any atom is 0.0198 e. The molecule has 1 aliphatic heterocycles. The maximum atomic E-state index is 3.86. The molecule has 0 aromatic heterocycles. The smallest absolute Gasteiger partial charge is 0.0198 e. The Kier molecular flexibility index (Phi) is 5.92. The quantitative estimate of drug-likeness (QED) is 0.760. The van der Waals surface area contributed by atoms with Crippen molar-refractivity contribution >= 4 is 0 Å². The van der Waals surface area contributed by atoms with Crippen LogP contribution in [0.3, 0.4) is 0 Å². The van der Waals surface area contributed by atoms with Gasteiger partial charge in [0.25, 0.3) is 0 Å². The highest BCUT2D eigenvalue weighted by Gasteiger charge is 2.30. The molecule has 2 atom stereocenters. The highest BCUT2D eigenvalue weighted by atomic mass is 15.2.